The Morgan fingerprint density at radius 1 is 1.62 bits per heavy atom. The Balaban J connectivity index is 2.47. The third-order valence-corrected chi connectivity index (χ3v) is 2.37. The first-order valence-electron chi connectivity index (χ1n) is 3.96. The summed E-state index contributed by atoms with van der Waals surface area (Å²) in [7, 11) is -3.11. The maximum atomic E-state index is 10.8. The molecule has 0 fully saturated rings. The Morgan fingerprint density at radius 3 is 2.77 bits per heavy atom. The first kappa shape index (κ1) is 10.3. The maximum absolute atomic E-state index is 10.8. The molecule has 1 aromatic heterocycles. The lowest BCUT2D eigenvalue weighted by Gasteiger charge is -2.09. The molecular formula is C8H13NO3S. The summed E-state index contributed by atoms with van der Waals surface area (Å²) in [6.45, 7) is 1.81. The quantitative estimate of drug-likeness (QED) is 0.786. The van der Waals surface area contributed by atoms with Gasteiger partial charge in [0.25, 0.3) is 0 Å². The zero-order valence-electron chi connectivity index (χ0n) is 7.65. The van der Waals surface area contributed by atoms with Crippen LogP contribution in [0.2, 0.25) is 0 Å². The molecule has 0 aliphatic heterocycles. The minimum atomic E-state index is -3.11. The van der Waals surface area contributed by atoms with Crippen molar-refractivity contribution in [1.82, 2.24) is 4.72 Å². The van der Waals surface area contributed by atoms with Crippen LogP contribution < -0.4 is 4.72 Å². The second-order valence-corrected chi connectivity index (χ2v) is 4.91. The molecule has 74 valence electrons. The van der Waals surface area contributed by atoms with Crippen LogP contribution in [0.5, 0.6) is 0 Å². The molecule has 0 radical (unpaired) electrons. The maximum Gasteiger partial charge on any atom is 0.208 e. The SMILES string of the molecule is C[C@H](Cc1ccoc1)NS(C)(=O)=O. The molecule has 0 saturated heterocycles. The van der Waals surface area contributed by atoms with Crippen molar-refractivity contribution in [3.63, 3.8) is 0 Å². The van der Waals surface area contributed by atoms with Gasteiger partial charge in [-0.2, -0.15) is 0 Å². The summed E-state index contributed by atoms with van der Waals surface area (Å²) in [4.78, 5) is 0. The number of nitrogens with one attached hydrogen (secondary N) is 1. The van der Waals surface area contributed by atoms with Crippen molar-refractivity contribution >= 4 is 10.0 Å². The molecule has 0 saturated carbocycles. The van der Waals surface area contributed by atoms with Gasteiger partial charge in [0, 0.05) is 6.04 Å². The van der Waals surface area contributed by atoms with Crippen LogP contribution in [0, 0.1) is 0 Å². The van der Waals surface area contributed by atoms with Gasteiger partial charge in [-0.1, -0.05) is 0 Å². The third kappa shape index (κ3) is 4.10. The van der Waals surface area contributed by atoms with Gasteiger partial charge in [0.2, 0.25) is 10.0 Å². The van der Waals surface area contributed by atoms with E-state index in [1.54, 1.807) is 12.5 Å². The molecule has 1 N–H and O–H groups in total. The van der Waals surface area contributed by atoms with Crippen LogP contribution in [0.3, 0.4) is 0 Å². The van der Waals surface area contributed by atoms with E-state index in [2.05, 4.69) is 4.72 Å². The summed E-state index contributed by atoms with van der Waals surface area (Å²) in [5.74, 6) is 0. The fourth-order valence-electron chi connectivity index (χ4n) is 1.17. The minimum Gasteiger partial charge on any atom is -0.472 e. The van der Waals surface area contributed by atoms with Gasteiger partial charge >= 0.3 is 0 Å². The summed E-state index contributed by atoms with van der Waals surface area (Å²) in [5.41, 5.74) is 0.989. The van der Waals surface area contributed by atoms with E-state index >= 15 is 0 Å². The first-order chi connectivity index (χ1) is 5.97. The van der Waals surface area contributed by atoms with E-state index in [0.29, 0.717) is 6.42 Å². The Bertz CT molecular complexity index is 341. The van der Waals surface area contributed by atoms with Crippen molar-refractivity contribution < 1.29 is 12.8 Å². The van der Waals surface area contributed by atoms with Crippen LogP contribution in [0.4, 0.5) is 0 Å². The summed E-state index contributed by atoms with van der Waals surface area (Å²) in [5, 5.41) is 0. The summed E-state index contributed by atoms with van der Waals surface area (Å²) >= 11 is 0. The summed E-state index contributed by atoms with van der Waals surface area (Å²) < 4.78 is 29.0. The average Bonchev–Trinajstić information content (AvgIpc) is 2.34. The monoisotopic (exact) mass is 203 g/mol. The highest BCUT2D eigenvalue weighted by Gasteiger charge is 2.09. The molecule has 0 bridgehead atoms. The van der Waals surface area contributed by atoms with Gasteiger partial charge in [-0.15, -0.1) is 0 Å². The van der Waals surface area contributed by atoms with Crippen molar-refractivity contribution in [3.8, 4) is 0 Å². The van der Waals surface area contributed by atoms with Crippen LogP contribution in [0.25, 0.3) is 0 Å². The van der Waals surface area contributed by atoms with Gasteiger partial charge in [-0.25, -0.2) is 13.1 Å². The molecule has 0 aliphatic rings. The minimum absolute atomic E-state index is 0.104. The highest BCUT2D eigenvalue weighted by atomic mass is 32.2. The van der Waals surface area contributed by atoms with Crippen molar-refractivity contribution in [3.05, 3.63) is 24.2 Å². The van der Waals surface area contributed by atoms with E-state index in [1.165, 1.54) is 0 Å². The number of furan rings is 1. The Kier molecular flexibility index (Phi) is 3.11. The smallest absolute Gasteiger partial charge is 0.208 e. The van der Waals surface area contributed by atoms with Crippen molar-refractivity contribution in [2.24, 2.45) is 0 Å². The van der Waals surface area contributed by atoms with Gasteiger partial charge in [-0.3, -0.25) is 0 Å². The molecule has 0 unspecified atom stereocenters. The van der Waals surface area contributed by atoms with E-state index in [1.807, 2.05) is 13.0 Å². The van der Waals surface area contributed by atoms with Crippen LogP contribution in [-0.4, -0.2) is 20.7 Å². The molecule has 4 nitrogen and oxygen atoms in total. The number of sulfonamides is 1. The average molecular weight is 203 g/mol. The van der Waals surface area contributed by atoms with Crippen LogP contribution >= 0.6 is 0 Å². The summed E-state index contributed by atoms with van der Waals surface area (Å²) in [6, 6.07) is 1.72. The van der Waals surface area contributed by atoms with Crippen molar-refractivity contribution in [1.29, 1.82) is 0 Å². The van der Waals surface area contributed by atoms with Gasteiger partial charge < -0.3 is 4.42 Å². The second-order valence-electron chi connectivity index (χ2n) is 3.13. The Labute approximate surface area is 78.0 Å². The highest BCUT2D eigenvalue weighted by Crippen LogP contribution is 2.04. The zero-order chi connectivity index (χ0) is 9.90. The molecular weight excluding hydrogens is 190 g/mol. The summed E-state index contributed by atoms with van der Waals surface area (Å²) in [6.07, 6.45) is 4.98. The molecule has 5 heteroatoms. The molecule has 0 aromatic carbocycles. The van der Waals surface area contributed by atoms with Crippen LogP contribution in [0.15, 0.2) is 23.0 Å². The zero-order valence-corrected chi connectivity index (χ0v) is 8.47. The first-order valence-corrected chi connectivity index (χ1v) is 5.85. The van der Waals surface area contributed by atoms with Gasteiger partial charge in [0.1, 0.15) is 0 Å². The van der Waals surface area contributed by atoms with E-state index in [9.17, 15) is 8.42 Å². The van der Waals surface area contributed by atoms with Crippen molar-refractivity contribution in [2.75, 3.05) is 6.26 Å². The second kappa shape index (κ2) is 3.93. The molecule has 1 rings (SSSR count). The van der Waals surface area contributed by atoms with Gasteiger partial charge in [-0.05, 0) is 25.0 Å². The van der Waals surface area contributed by atoms with Crippen LogP contribution in [-0.2, 0) is 16.4 Å². The number of rotatable bonds is 4. The molecule has 0 spiro atoms. The lowest BCUT2D eigenvalue weighted by Crippen LogP contribution is -2.32. The van der Waals surface area contributed by atoms with Gasteiger partial charge in [0.05, 0.1) is 18.8 Å². The van der Waals surface area contributed by atoms with Crippen molar-refractivity contribution in [2.45, 2.75) is 19.4 Å². The topological polar surface area (TPSA) is 59.3 Å². The standard InChI is InChI=1S/C8H13NO3S/c1-7(9-13(2,10)11)5-8-3-4-12-6-8/h3-4,6-7,9H,5H2,1-2H3/t7-/m1/s1. The van der Waals surface area contributed by atoms with E-state index in [0.717, 1.165) is 11.8 Å². The van der Waals surface area contributed by atoms with E-state index < -0.39 is 10.0 Å². The predicted octanol–water partition coefficient (Wildman–Crippen LogP) is 0.760. The lowest BCUT2D eigenvalue weighted by atomic mass is 10.1. The Hall–Kier alpha value is -0.810. The molecule has 13 heavy (non-hydrogen) atoms. The third-order valence-electron chi connectivity index (χ3n) is 1.54. The van der Waals surface area contributed by atoms with Crippen LogP contribution in [0.1, 0.15) is 12.5 Å². The lowest BCUT2D eigenvalue weighted by molar-refractivity contribution is 0.552. The fourth-order valence-corrected chi connectivity index (χ4v) is 1.98. The normalized spacial score (nSPS) is 14.3. The predicted molar refractivity (Wildman–Crippen MR) is 49.9 cm³/mol. The number of hydrogen-bond donors (Lipinski definition) is 1. The Morgan fingerprint density at radius 2 is 2.31 bits per heavy atom. The molecule has 0 aliphatic carbocycles. The van der Waals surface area contributed by atoms with E-state index in [4.69, 9.17) is 4.42 Å². The van der Waals surface area contributed by atoms with Gasteiger partial charge in [0.15, 0.2) is 0 Å². The largest absolute Gasteiger partial charge is 0.472 e. The molecule has 0 amide bonds. The molecule has 1 aromatic rings. The fraction of sp³-hybridized carbons (Fsp3) is 0.500. The molecule has 1 heterocycles. The molecule has 1 atom stereocenters. The number of hydrogen-bond acceptors (Lipinski definition) is 3. The van der Waals surface area contributed by atoms with E-state index in [-0.39, 0.29) is 6.04 Å². The highest BCUT2D eigenvalue weighted by molar-refractivity contribution is 7.88.